The first kappa shape index (κ1) is 21.1. The number of hydrogen-bond acceptors (Lipinski definition) is 4. The summed E-state index contributed by atoms with van der Waals surface area (Å²) in [6, 6.07) is 4.26. The van der Waals surface area contributed by atoms with Gasteiger partial charge in [-0.1, -0.05) is 12.8 Å². The second kappa shape index (κ2) is 9.23. The third kappa shape index (κ3) is 5.23. The third-order valence-corrected chi connectivity index (χ3v) is 6.05. The average molecular weight is 389 g/mol. The number of pyridine rings is 1. The van der Waals surface area contributed by atoms with Crippen LogP contribution in [0.5, 0.6) is 0 Å². The van der Waals surface area contributed by atoms with Crippen LogP contribution >= 0.6 is 0 Å². The fraction of sp³-hybridized carbons (Fsp3) is 0.727. The fourth-order valence-electron chi connectivity index (χ4n) is 4.46. The molecule has 6 nitrogen and oxygen atoms in total. The SMILES string of the molecule is CC1CN(C(C)(C)CNC(=O)N2CCCCCC2c2ccncc2)CC(C)O1. The number of carbonyl (C=O) groups excluding carboxylic acids is 1. The van der Waals surface area contributed by atoms with Crippen molar-refractivity contribution in [3.63, 3.8) is 0 Å². The number of rotatable bonds is 4. The minimum absolute atomic E-state index is 0.0474. The van der Waals surface area contributed by atoms with E-state index in [9.17, 15) is 4.79 Å². The van der Waals surface area contributed by atoms with Gasteiger partial charge in [-0.3, -0.25) is 9.88 Å². The Morgan fingerprint density at radius 2 is 1.86 bits per heavy atom. The van der Waals surface area contributed by atoms with Crippen molar-refractivity contribution >= 4 is 6.03 Å². The largest absolute Gasteiger partial charge is 0.373 e. The Bertz CT molecular complexity index is 627. The Labute approximate surface area is 169 Å². The standard InChI is InChI=1S/C22H36N4O2/c1-17-14-25(15-18(2)28-17)22(3,4)16-24-21(27)26-13-7-5-6-8-20(26)19-9-11-23-12-10-19/h9-12,17-18,20H,5-8,13-16H2,1-4H3,(H,24,27). The van der Waals surface area contributed by atoms with Crippen LogP contribution in [0.4, 0.5) is 4.79 Å². The first-order valence-electron chi connectivity index (χ1n) is 10.7. The molecule has 3 atom stereocenters. The summed E-state index contributed by atoms with van der Waals surface area (Å²) in [5.41, 5.74) is 1.07. The molecule has 1 aromatic rings. The van der Waals surface area contributed by atoms with E-state index in [1.165, 1.54) is 12.0 Å². The predicted octanol–water partition coefficient (Wildman–Crippen LogP) is 3.60. The molecule has 3 rings (SSSR count). The lowest BCUT2D eigenvalue weighted by Crippen LogP contribution is -2.59. The molecule has 0 saturated carbocycles. The lowest BCUT2D eigenvalue weighted by Gasteiger charge is -2.45. The van der Waals surface area contributed by atoms with Gasteiger partial charge in [0.1, 0.15) is 0 Å². The maximum absolute atomic E-state index is 13.1. The normalized spacial score (nSPS) is 27.3. The molecule has 3 unspecified atom stereocenters. The zero-order valence-electron chi connectivity index (χ0n) is 17.9. The molecule has 0 aromatic carbocycles. The van der Waals surface area contributed by atoms with E-state index < -0.39 is 0 Å². The second-order valence-corrected chi connectivity index (χ2v) is 8.97. The van der Waals surface area contributed by atoms with E-state index in [0.29, 0.717) is 6.54 Å². The molecule has 6 heteroatoms. The van der Waals surface area contributed by atoms with Crippen molar-refractivity contribution in [3.8, 4) is 0 Å². The summed E-state index contributed by atoms with van der Waals surface area (Å²) in [4.78, 5) is 21.8. The second-order valence-electron chi connectivity index (χ2n) is 8.97. The number of carbonyl (C=O) groups is 1. The van der Waals surface area contributed by atoms with E-state index in [0.717, 1.165) is 38.9 Å². The molecule has 2 aliphatic heterocycles. The zero-order valence-corrected chi connectivity index (χ0v) is 17.9. The minimum atomic E-state index is -0.111. The van der Waals surface area contributed by atoms with Gasteiger partial charge < -0.3 is 15.0 Å². The molecule has 2 amide bonds. The number of morpholine rings is 1. The molecular formula is C22H36N4O2. The molecule has 0 bridgehead atoms. The molecular weight excluding hydrogens is 352 g/mol. The minimum Gasteiger partial charge on any atom is -0.373 e. The van der Waals surface area contributed by atoms with Crippen LogP contribution in [-0.2, 0) is 4.74 Å². The number of ether oxygens (including phenoxy) is 1. The summed E-state index contributed by atoms with van der Waals surface area (Å²) in [5.74, 6) is 0. The van der Waals surface area contributed by atoms with Crippen molar-refractivity contribution in [3.05, 3.63) is 30.1 Å². The van der Waals surface area contributed by atoms with Crippen molar-refractivity contribution in [2.75, 3.05) is 26.2 Å². The lowest BCUT2D eigenvalue weighted by molar-refractivity contribution is -0.0948. The molecule has 28 heavy (non-hydrogen) atoms. The molecule has 1 N–H and O–H groups in total. The molecule has 2 saturated heterocycles. The molecule has 1 aromatic heterocycles. The van der Waals surface area contributed by atoms with E-state index in [1.807, 2.05) is 29.4 Å². The maximum atomic E-state index is 13.1. The predicted molar refractivity (Wildman–Crippen MR) is 111 cm³/mol. The van der Waals surface area contributed by atoms with Crippen LogP contribution in [0.3, 0.4) is 0 Å². The van der Waals surface area contributed by atoms with Crippen molar-refractivity contribution in [1.29, 1.82) is 0 Å². The van der Waals surface area contributed by atoms with Crippen LogP contribution in [0, 0.1) is 0 Å². The number of nitrogens with zero attached hydrogens (tertiary/aromatic N) is 3. The Morgan fingerprint density at radius 1 is 1.18 bits per heavy atom. The Kier molecular flexibility index (Phi) is 6.94. The maximum Gasteiger partial charge on any atom is 0.317 e. The molecule has 2 fully saturated rings. The summed E-state index contributed by atoms with van der Waals surface area (Å²) in [7, 11) is 0. The van der Waals surface area contributed by atoms with Gasteiger partial charge in [-0.15, -0.1) is 0 Å². The van der Waals surface area contributed by atoms with E-state index >= 15 is 0 Å². The van der Waals surface area contributed by atoms with Gasteiger partial charge in [-0.05, 0) is 58.2 Å². The van der Waals surface area contributed by atoms with E-state index in [-0.39, 0.29) is 29.8 Å². The highest BCUT2D eigenvalue weighted by atomic mass is 16.5. The highest BCUT2D eigenvalue weighted by Crippen LogP contribution is 2.30. The molecule has 0 radical (unpaired) electrons. The van der Waals surface area contributed by atoms with E-state index in [1.54, 1.807) is 0 Å². The first-order chi connectivity index (χ1) is 13.4. The summed E-state index contributed by atoms with van der Waals surface area (Å²) in [6.45, 7) is 11.9. The lowest BCUT2D eigenvalue weighted by atomic mass is 10.00. The van der Waals surface area contributed by atoms with Gasteiger partial charge in [0, 0.05) is 44.1 Å². The monoisotopic (exact) mass is 388 g/mol. The molecule has 3 heterocycles. The van der Waals surface area contributed by atoms with Crippen LogP contribution in [0.25, 0.3) is 0 Å². The first-order valence-corrected chi connectivity index (χ1v) is 10.7. The van der Waals surface area contributed by atoms with E-state index in [4.69, 9.17) is 4.74 Å². The molecule has 156 valence electrons. The van der Waals surface area contributed by atoms with Gasteiger partial charge in [0.05, 0.1) is 18.2 Å². The van der Waals surface area contributed by atoms with Crippen molar-refractivity contribution in [2.24, 2.45) is 0 Å². The third-order valence-electron chi connectivity index (χ3n) is 6.05. The van der Waals surface area contributed by atoms with Crippen LogP contribution in [-0.4, -0.2) is 64.7 Å². The van der Waals surface area contributed by atoms with Gasteiger partial charge in [0.15, 0.2) is 0 Å². The van der Waals surface area contributed by atoms with Gasteiger partial charge in [0.2, 0.25) is 0 Å². The Balaban J connectivity index is 1.64. The van der Waals surface area contributed by atoms with Crippen molar-refractivity contribution < 1.29 is 9.53 Å². The van der Waals surface area contributed by atoms with E-state index in [2.05, 4.69) is 42.9 Å². The number of aromatic nitrogens is 1. The van der Waals surface area contributed by atoms with Crippen LogP contribution in [0.2, 0.25) is 0 Å². The van der Waals surface area contributed by atoms with Crippen molar-refractivity contribution in [2.45, 2.75) is 77.2 Å². The van der Waals surface area contributed by atoms with Gasteiger partial charge in [0.25, 0.3) is 0 Å². The quantitative estimate of drug-likeness (QED) is 0.856. The van der Waals surface area contributed by atoms with Crippen LogP contribution in [0.1, 0.15) is 65.0 Å². The van der Waals surface area contributed by atoms with Gasteiger partial charge in [-0.2, -0.15) is 0 Å². The summed E-state index contributed by atoms with van der Waals surface area (Å²) in [5, 5.41) is 3.24. The Hall–Kier alpha value is -1.66. The molecule has 2 aliphatic rings. The number of hydrogen-bond donors (Lipinski definition) is 1. The summed E-state index contributed by atoms with van der Waals surface area (Å²) in [6.07, 6.45) is 8.50. The van der Waals surface area contributed by atoms with Gasteiger partial charge in [-0.25, -0.2) is 4.79 Å². The zero-order chi connectivity index (χ0) is 20.1. The van der Waals surface area contributed by atoms with Gasteiger partial charge >= 0.3 is 6.03 Å². The number of amides is 2. The smallest absolute Gasteiger partial charge is 0.317 e. The highest BCUT2D eigenvalue weighted by Gasteiger charge is 2.34. The summed E-state index contributed by atoms with van der Waals surface area (Å²) >= 11 is 0. The molecule has 0 spiro atoms. The fourth-order valence-corrected chi connectivity index (χ4v) is 4.46. The number of nitrogens with one attached hydrogen (secondary N) is 1. The number of urea groups is 1. The topological polar surface area (TPSA) is 57.7 Å². The van der Waals surface area contributed by atoms with Crippen LogP contribution in [0.15, 0.2) is 24.5 Å². The van der Waals surface area contributed by atoms with Crippen molar-refractivity contribution in [1.82, 2.24) is 20.1 Å². The average Bonchev–Trinajstić information content (AvgIpc) is 2.92. The Morgan fingerprint density at radius 3 is 2.54 bits per heavy atom. The summed E-state index contributed by atoms with van der Waals surface area (Å²) < 4.78 is 5.87. The number of likely N-dealkylation sites (tertiary alicyclic amines) is 1. The highest BCUT2D eigenvalue weighted by molar-refractivity contribution is 5.75. The van der Waals surface area contributed by atoms with Crippen LogP contribution < -0.4 is 5.32 Å². The molecule has 0 aliphatic carbocycles.